The molecular weight excluding hydrogens is 414 g/mol. The van der Waals surface area contributed by atoms with Crippen LogP contribution in [0.5, 0.6) is 5.75 Å². The molecule has 158 valence electrons. The Morgan fingerprint density at radius 3 is 2.76 bits per heavy atom. The number of benzene rings is 2. The van der Waals surface area contributed by atoms with Crippen molar-refractivity contribution in [3.63, 3.8) is 0 Å². The summed E-state index contributed by atoms with van der Waals surface area (Å²) >= 11 is 0. The molecule has 1 fully saturated rings. The van der Waals surface area contributed by atoms with Crippen molar-refractivity contribution in [3.8, 4) is 5.75 Å². The van der Waals surface area contributed by atoms with Gasteiger partial charge in [0.25, 0.3) is 0 Å². The minimum absolute atomic E-state index is 0. The van der Waals surface area contributed by atoms with E-state index in [0.717, 1.165) is 48.8 Å². The Labute approximate surface area is 183 Å². The summed E-state index contributed by atoms with van der Waals surface area (Å²) in [6, 6.07) is 13.2. The standard InChI is InChI=1S/C21H25FN4O.2ClH/c1-3-26-18-9-8-15(22)12-17(18)24-21(26)14-25-11-10-23-13-19(25)16-6-4-5-7-20(16)27-2;;/h4-9,12,19,23H,3,10-11,13-14H2,1-2H3;2*1H. The summed E-state index contributed by atoms with van der Waals surface area (Å²) < 4.78 is 21.4. The van der Waals surface area contributed by atoms with Crippen molar-refractivity contribution in [2.24, 2.45) is 0 Å². The molecule has 1 aliphatic heterocycles. The Kier molecular flexibility index (Phi) is 8.28. The zero-order chi connectivity index (χ0) is 18.8. The van der Waals surface area contributed by atoms with Gasteiger partial charge in [0.05, 0.1) is 30.7 Å². The van der Waals surface area contributed by atoms with Crippen LogP contribution in [-0.2, 0) is 13.1 Å². The first-order valence-corrected chi connectivity index (χ1v) is 9.43. The van der Waals surface area contributed by atoms with Crippen molar-refractivity contribution < 1.29 is 9.13 Å². The summed E-state index contributed by atoms with van der Waals surface area (Å²) in [5.74, 6) is 1.63. The fourth-order valence-electron chi connectivity index (χ4n) is 3.99. The molecule has 0 radical (unpaired) electrons. The van der Waals surface area contributed by atoms with E-state index >= 15 is 0 Å². The van der Waals surface area contributed by atoms with Gasteiger partial charge in [-0.2, -0.15) is 0 Å². The summed E-state index contributed by atoms with van der Waals surface area (Å²) in [7, 11) is 1.71. The number of hydrogen-bond acceptors (Lipinski definition) is 4. The second-order valence-electron chi connectivity index (χ2n) is 6.84. The van der Waals surface area contributed by atoms with Crippen molar-refractivity contribution in [2.75, 3.05) is 26.7 Å². The van der Waals surface area contributed by atoms with Gasteiger partial charge in [-0.05, 0) is 25.1 Å². The lowest BCUT2D eigenvalue weighted by Crippen LogP contribution is -2.46. The van der Waals surface area contributed by atoms with E-state index in [1.165, 1.54) is 17.7 Å². The van der Waals surface area contributed by atoms with E-state index in [1.54, 1.807) is 7.11 Å². The Bertz CT molecular complexity index is 950. The largest absolute Gasteiger partial charge is 0.496 e. The predicted octanol–water partition coefficient (Wildman–Crippen LogP) is 4.19. The van der Waals surface area contributed by atoms with Crippen molar-refractivity contribution in [2.45, 2.75) is 26.1 Å². The molecule has 0 amide bonds. The van der Waals surface area contributed by atoms with Crippen LogP contribution < -0.4 is 10.1 Å². The number of halogens is 3. The number of aromatic nitrogens is 2. The smallest absolute Gasteiger partial charge is 0.125 e. The van der Waals surface area contributed by atoms with Crippen LogP contribution >= 0.6 is 24.8 Å². The maximum absolute atomic E-state index is 13.6. The summed E-state index contributed by atoms with van der Waals surface area (Å²) in [6.07, 6.45) is 0. The average Bonchev–Trinajstić information content (AvgIpc) is 3.04. The van der Waals surface area contributed by atoms with Gasteiger partial charge in [-0.1, -0.05) is 18.2 Å². The van der Waals surface area contributed by atoms with Gasteiger partial charge in [0.2, 0.25) is 0 Å². The number of methoxy groups -OCH3 is 1. The lowest BCUT2D eigenvalue weighted by atomic mass is 10.0. The predicted molar refractivity (Wildman–Crippen MR) is 119 cm³/mol. The summed E-state index contributed by atoms with van der Waals surface area (Å²) in [5.41, 5.74) is 2.88. The molecule has 2 aromatic carbocycles. The molecule has 0 bridgehead atoms. The Hall–Kier alpha value is -1.86. The number of aryl methyl sites for hydroxylation is 1. The van der Waals surface area contributed by atoms with Gasteiger partial charge in [-0.3, -0.25) is 4.90 Å². The molecule has 1 atom stereocenters. The highest BCUT2D eigenvalue weighted by Crippen LogP contribution is 2.31. The number of imidazole rings is 1. The third-order valence-corrected chi connectivity index (χ3v) is 5.30. The number of ether oxygens (including phenoxy) is 1. The molecule has 0 aliphatic carbocycles. The van der Waals surface area contributed by atoms with Gasteiger partial charge >= 0.3 is 0 Å². The van der Waals surface area contributed by atoms with Crippen molar-refractivity contribution in [3.05, 3.63) is 59.7 Å². The van der Waals surface area contributed by atoms with Crippen LogP contribution in [0.3, 0.4) is 0 Å². The molecule has 1 saturated heterocycles. The van der Waals surface area contributed by atoms with Crippen LogP contribution in [0.2, 0.25) is 0 Å². The van der Waals surface area contributed by atoms with Crippen molar-refractivity contribution in [1.29, 1.82) is 0 Å². The Morgan fingerprint density at radius 1 is 1.21 bits per heavy atom. The highest BCUT2D eigenvalue weighted by atomic mass is 35.5. The molecule has 1 N–H and O–H groups in total. The quantitative estimate of drug-likeness (QED) is 0.645. The second kappa shape index (κ2) is 10.3. The van der Waals surface area contributed by atoms with E-state index in [-0.39, 0.29) is 36.7 Å². The molecule has 0 spiro atoms. The number of para-hydroxylation sites is 1. The topological polar surface area (TPSA) is 42.3 Å². The van der Waals surface area contributed by atoms with Gasteiger partial charge in [0.15, 0.2) is 0 Å². The van der Waals surface area contributed by atoms with Crippen LogP contribution in [0.4, 0.5) is 4.39 Å². The summed E-state index contributed by atoms with van der Waals surface area (Å²) in [6.45, 7) is 6.35. The number of nitrogens with zero attached hydrogens (tertiary/aromatic N) is 3. The summed E-state index contributed by atoms with van der Waals surface area (Å²) in [5, 5.41) is 3.49. The molecule has 2 heterocycles. The minimum atomic E-state index is -0.246. The van der Waals surface area contributed by atoms with Gasteiger partial charge in [0, 0.05) is 37.8 Å². The molecule has 1 unspecified atom stereocenters. The zero-order valence-corrected chi connectivity index (χ0v) is 18.2. The van der Waals surface area contributed by atoms with Crippen molar-refractivity contribution in [1.82, 2.24) is 19.8 Å². The molecule has 8 heteroatoms. The molecule has 29 heavy (non-hydrogen) atoms. The van der Waals surface area contributed by atoms with Gasteiger partial charge in [-0.15, -0.1) is 24.8 Å². The van der Waals surface area contributed by atoms with E-state index < -0.39 is 0 Å². The van der Waals surface area contributed by atoms with Crippen LogP contribution in [0.1, 0.15) is 24.4 Å². The molecule has 4 rings (SSSR count). The van der Waals surface area contributed by atoms with E-state index in [4.69, 9.17) is 9.72 Å². The van der Waals surface area contributed by atoms with Crippen LogP contribution in [0, 0.1) is 5.82 Å². The SMILES string of the molecule is CCn1c(CN2CCNCC2c2ccccc2OC)nc2cc(F)ccc21.Cl.Cl. The average molecular weight is 441 g/mol. The van der Waals surface area contributed by atoms with Gasteiger partial charge < -0.3 is 14.6 Å². The monoisotopic (exact) mass is 440 g/mol. The lowest BCUT2D eigenvalue weighted by molar-refractivity contribution is 0.146. The first kappa shape index (κ1) is 23.4. The van der Waals surface area contributed by atoms with E-state index in [9.17, 15) is 4.39 Å². The van der Waals surface area contributed by atoms with Crippen LogP contribution in [0.25, 0.3) is 11.0 Å². The highest BCUT2D eigenvalue weighted by Gasteiger charge is 2.27. The fourth-order valence-corrected chi connectivity index (χ4v) is 3.99. The number of fused-ring (bicyclic) bond motifs is 1. The second-order valence-corrected chi connectivity index (χ2v) is 6.84. The minimum Gasteiger partial charge on any atom is -0.496 e. The maximum atomic E-state index is 13.6. The highest BCUT2D eigenvalue weighted by molar-refractivity contribution is 5.85. The zero-order valence-electron chi connectivity index (χ0n) is 16.6. The van der Waals surface area contributed by atoms with Gasteiger partial charge in [0.1, 0.15) is 17.4 Å². The third-order valence-electron chi connectivity index (χ3n) is 5.30. The van der Waals surface area contributed by atoms with Crippen LogP contribution in [-0.4, -0.2) is 41.2 Å². The number of nitrogens with one attached hydrogen (secondary N) is 1. The Balaban J connectivity index is 0.00000150. The number of hydrogen-bond donors (Lipinski definition) is 1. The van der Waals surface area contributed by atoms with E-state index in [2.05, 4.69) is 33.8 Å². The van der Waals surface area contributed by atoms with E-state index in [1.807, 2.05) is 18.2 Å². The molecular formula is C21H27Cl2FN4O. The third kappa shape index (κ3) is 4.67. The molecule has 0 saturated carbocycles. The van der Waals surface area contributed by atoms with E-state index in [0.29, 0.717) is 6.54 Å². The summed E-state index contributed by atoms with van der Waals surface area (Å²) in [4.78, 5) is 7.17. The number of rotatable bonds is 5. The molecule has 3 aromatic rings. The first-order valence-electron chi connectivity index (χ1n) is 9.43. The lowest BCUT2D eigenvalue weighted by Gasteiger charge is -2.36. The van der Waals surface area contributed by atoms with Crippen molar-refractivity contribution >= 4 is 35.8 Å². The molecule has 1 aromatic heterocycles. The van der Waals surface area contributed by atoms with Crippen LogP contribution in [0.15, 0.2) is 42.5 Å². The molecule has 1 aliphatic rings. The first-order chi connectivity index (χ1) is 13.2. The van der Waals surface area contributed by atoms with Gasteiger partial charge in [-0.25, -0.2) is 9.37 Å². The Morgan fingerprint density at radius 2 is 2.00 bits per heavy atom. The molecule has 5 nitrogen and oxygen atoms in total. The fraction of sp³-hybridized carbons (Fsp3) is 0.381. The normalized spacial score (nSPS) is 16.9. The number of piperazine rings is 1. The maximum Gasteiger partial charge on any atom is 0.125 e.